The summed E-state index contributed by atoms with van der Waals surface area (Å²) in [6.07, 6.45) is 4.69. The first-order chi connectivity index (χ1) is 10.1. The maximum atomic E-state index is 12.9. The van der Waals surface area contributed by atoms with E-state index in [0.29, 0.717) is 13.0 Å². The lowest BCUT2D eigenvalue weighted by molar-refractivity contribution is -0.146. The van der Waals surface area contributed by atoms with Crippen LogP contribution in [0.5, 0.6) is 0 Å². The molecule has 2 fully saturated rings. The van der Waals surface area contributed by atoms with Crippen LogP contribution < -0.4 is 5.73 Å². The minimum Gasteiger partial charge on any atom is -0.340 e. The highest BCUT2D eigenvalue weighted by molar-refractivity contribution is 5.83. The predicted molar refractivity (Wildman–Crippen MR) is 82.4 cm³/mol. The first-order valence-corrected chi connectivity index (χ1v) is 8.20. The molecular weight excluding hydrogens is 264 g/mol. The van der Waals surface area contributed by atoms with Crippen LogP contribution in [-0.4, -0.2) is 55.0 Å². The van der Waals surface area contributed by atoms with E-state index in [9.17, 15) is 4.79 Å². The first-order valence-electron chi connectivity index (χ1n) is 8.20. The van der Waals surface area contributed by atoms with E-state index in [-0.39, 0.29) is 11.3 Å². The summed E-state index contributed by atoms with van der Waals surface area (Å²) >= 11 is 0. The molecule has 1 aliphatic carbocycles. The van der Waals surface area contributed by atoms with E-state index in [0.717, 1.165) is 64.3 Å². The molecule has 118 valence electrons. The fraction of sp³-hybridized carbons (Fsp3) is 0.875. The fourth-order valence-corrected chi connectivity index (χ4v) is 3.54. The zero-order chi connectivity index (χ0) is 15.3. The van der Waals surface area contributed by atoms with Gasteiger partial charge in [-0.25, -0.2) is 0 Å². The predicted octanol–water partition coefficient (Wildman–Crippen LogP) is 1.20. The molecule has 1 aliphatic heterocycles. The van der Waals surface area contributed by atoms with E-state index < -0.39 is 0 Å². The van der Waals surface area contributed by atoms with Crippen LogP contribution >= 0.6 is 0 Å². The molecule has 0 bridgehead atoms. The maximum absolute atomic E-state index is 12.9. The number of hydrogen-bond acceptors (Lipinski definition) is 4. The summed E-state index contributed by atoms with van der Waals surface area (Å²) in [6, 6.07) is 2.18. The van der Waals surface area contributed by atoms with Crippen LogP contribution in [0.25, 0.3) is 0 Å². The van der Waals surface area contributed by atoms with Gasteiger partial charge < -0.3 is 10.6 Å². The topological polar surface area (TPSA) is 73.4 Å². The molecule has 5 nitrogen and oxygen atoms in total. The molecule has 0 aromatic rings. The van der Waals surface area contributed by atoms with E-state index in [2.05, 4.69) is 17.9 Å². The Kier molecular flexibility index (Phi) is 5.60. The van der Waals surface area contributed by atoms with Gasteiger partial charge in [0.25, 0.3) is 0 Å². The first kappa shape index (κ1) is 16.3. The Bertz CT molecular complexity index is 388. The summed E-state index contributed by atoms with van der Waals surface area (Å²) in [5, 5.41) is 8.64. The van der Waals surface area contributed by atoms with E-state index in [1.807, 2.05) is 4.90 Å². The number of nitriles is 1. The SMILES string of the molecule is CC1CCC(CN)(C(=O)N2CCN(CCC#N)CC2)CC1. The molecule has 2 aliphatic rings. The second-order valence-corrected chi connectivity index (χ2v) is 6.71. The van der Waals surface area contributed by atoms with Crippen LogP contribution in [-0.2, 0) is 4.79 Å². The van der Waals surface area contributed by atoms with Crippen molar-refractivity contribution in [3.05, 3.63) is 0 Å². The number of carbonyl (C=O) groups excluding carboxylic acids is 1. The smallest absolute Gasteiger partial charge is 0.230 e. The molecule has 21 heavy (non-hydrogen) atoms. The molecule has 5 heteroatoms. The summed E-state index contributed by atoms with van der Waals surface area (Å²) in [7, 11) is 0. The third-order valence-corrected chi connectivity index (χ3v) is 5.28. The quantitative estimate of drug-likeness (QED) is 0.845. The van der Waals surface area contributed by atoms with Gasteiger partial charge in [0.05, 0.1) is 11.5 Å². The Hall–Kier alpha value is -1.12. The summed E-state index contributed by atoms with van der Waals surface area (Å²) in [4.78, 5) is 17.2. The van der Waals surface area contributed by atoms with Gasteiger partial charge in [0.2, 0.25) is 5.91 Å². The fourth-order valence-electron chi connectivity index (χ4n) is 3.54. The molecule has 1 heterocycles. The average Bonchev–Trinajstić information content (AvgIpc) is 2.54. The van der Waals surface area contributed by atoms with Crippen LogP contribution in [0.2, 0.25) is 0 Å². The van der Waals surface area contributed by atoms with Crippen LogP contribution in [0.4, 0.5) is 0 Å². The summed E-state index contributed by atoms with van der Waals surface area (Å²) in [5.41, 5.74) is 5.69. The van der Waals surface area contributed by atoms with Crippen LogP contribution in [0.1, 0.15) is 39.0 Å². The van der Waals surface area contributed by atoms with Gasteiger partial charge in [0.15, 0.2) is 0 Å². The molecule has 0 unspecified atom stereocenters. The summed E-state index contributed by atoms with van der Waals surface area (Å²) < 4.78 is 0. The third-order valence-electron chi connectivity index (χ3n) is 5.28. The molecule has 1 amide bonds. The third kappa shape index (κ3) is 3.75. The zero-order valence-corrected chi connectivity index (χ0v) is 13.2. The molecule has 1 saturated heterocycles. The van der Waals surface area contributed by atoms with Crippen molar-refractivity contribution in [1.29, 1.82) is 5.26 Å². The number of piperazine rings is 1. The van der Waals surface area contributed by atoms with Crippen molar-refractivity contribution in [2.24, 2.45) is 17.1 Å². The number of amides is 1. The lowest BCUT2D eigenvalue weighted by Crippen LogP contribution is -2.55. The lowest BCUT2D eigenvalue weighted by Gasteiger charge is -2.43. The molecule has 0 spiro atoms. The minimum atomic E-state index is -0.304. The maximum Gasteiger partial charge on any atom is 0.230 e. The van der Waals surface area contributed by atoms with E-state index in [1.54, 1.807) is 0 Å². The van der Waals surface area contributed by atoms with Gasteiger partial charge in [-0.3, -0.25) is 9.69 Å². The Morgan fingerprint density at radius 2 is 1.90 bits per heavy atom. The van der Waals surface area contributed by atoms with Gasteiger partial charge in [-0.05, 0) is 31.6 Å². The van der Waals surface area contributed by atoms with Gasteiger partial charge in [0.1, 0.15) is 0 Å². The monoisotopic (exact) mass is 292 g/mol. The van der Waals surface area contributed by atoms with Crippen LogP contribution in [0, 0.1) is 22.7 Å². The minimum absolute atomic E-state index is 0.275. The van der Waals surface area contributed by atoms with Gasteiger partial charge in [0, 0.05) is 45.7 Å². The molecule has 0 atom stereocenters. The lowest BCUT2D eigenvalue weighted by atomic mass is 9.70. The molecule has 2 rings (SSSR count). The number of nitrogens with zero attached hydrogens (tertiary/aromatic N) is 3. The van der Waals surface area contributed by atoms with Crippen LogP contribution in [0.3, 0.4) is 0 Å². The van der Waals surface area contributed by atoms with Crippen molar-refractivity contribution < 1.29 is 4.79 Å². The number of carbonyl (C=O) groups is 1. The Morgan fingerprint density at radius 1 is 1.29 bits per heavy atom. The average molecular weight is 292 g/mol. The molecular formula is C16H28N4O. The van der Waals surface area contributed by atoms with Crippen LogP contribution in [0.15, 0.2) is 0 Å². The van der Waals surface area contributed by atoms with Gasteiger partial charge in [-0.1, -0.05) is 6.92 Å². The van der Waals surface area contributed by atoms with Crippen molar-refractivity contribution in [2.45, 2.75) is 39.0 Å². The number of nitrogens with two attached hydrogens (primary N) is 1. The van der Waals surface area contributed by atoms with E-state index in [1.165, 1.54) is 0 Å². The number of hydrogen-bond donors (Lipinski definition) is 1. The van der Waals surface area contributed by atoms with E-state index in [4.69, 9.17) is 11.0 Å². The standard InChI is InChI=1S/C16H28N4O/c1-14-3-5-16(13-18,6-4-14)15(21)20-11-9-19(10-12-20)8-2-7-17/h14H,2-6,8-13,18H2,1H3. The second kappa shape index (κ2) is 7.24. The van der Waals surface area contributed by atoms with Crippen molar-refractivity contribution in [2.75, 3.05) is 39.3 Å². The summed E-state index contributed by atoms with van der Waals surface area (Å²) in [6.45, 7) is 6.88. The normalized spacial score (nSPS) is 30.9. The largest absolute Gasteiger partial charge is 0.340 e. The van der Waals surface area contributed by atoms with Gasteiger partial charge >= 0.3 is 0 Å². The van der Waals surface area contributed by atoms with Crippen molar-refractivity contribution >= 4 is 5.91 Å². The van der Waals surface area contributed by atoms with Crippen molar-refractivity contribution in [3.8, 4) is 6.07 Å². The number of rotatable bonds is 4. The Labute approximate surface area is 128 Å². The highest BCUT2D eigenvalue weighted by Gasteiger charge is 2.42. The molecule has 0 aromatic heterocycles. The van der Waals surface area contributed by atoms with Gasteiger partial charge in [-0.15, -0.1) is 0 Å². The Balaban J connectivity index is 1.90. The zero-order valence-electron chi connectivity index (χ0n) is 13.2. The molecule has 0 aromatic carbocycles. The van der Waals surface area contributed by atoms with Crippen molar-refractivity contribution in [3.63, 3.8) is 0 Å². The highest BCUT2D eigenvalue weighted by Crippen LogP contribution is 2.39. The second-order valence-electron chi connectivity index (χ2n) is 6.71. The summed E-state index contributed by atoms with van der Waals surface area (Å²) in [5.74, 6) is 0.997. The highest BCUT2D eigenvalue weighted by atomic mass is 16.2. The Morgan fingerprint density at radius 3 is 2.43 bits per heavy atom. The van der Waals surface area contributed by atoms with Gasteiger partial charge in [-0.2, -0.15) is 5.26 Å². The van der Waals surface area contributed by atoms with E-state index >= 15 is 0 Å². The molecule has 1 saturated carbocycles. The molecule has 2 N–H and O–H groups in total. The molecule has 0 radical (unpaired) electrons. The van der Waals surface area contributed by atoms with Crippen molar-refractivity contribution in [1.82, 2.24) is 9.80 Å².